The lowest BCUT2D eigenvalue weighted by molar-refractivity contribution is -0.120. The third kappa shape index (κ3) is 5.14. The second-order valence-corrected chi connectivity index (χ2v) is 10.9. The Morgan fingerprint density at radius 1 is 0.684 bits per heavy atom. The standard InChI is InChI=1S/C30H36N4O4/c35-28-21-33(30(37)23-7-5-22(6-8-23)29(36)32-15-2-16-32)19-20-34(28)25-9-11-26(12-10-25)38-27-13-17-31(18-14-27)24-3-1-4-24/h5-12,24,27H,1-4,13-21H2. The van der Waals surface area contributed by atoms with E-state index in [9.17, 15) is 14.4 Å². The highest BCUT2D eigenvalue weighted by atomic mass is 16.5. The van der Waals surface area contributed by atoms with Crippen LogP contribution in [0.2, 0.25) is 0 Å². The monoisotopic (exact) mass is 516 g/mol. The maximum Gasteiger partial charge on any atom is 0.254 e. The zero-order valence-corrected chi connectivity index (χ0v) is 21.9. The van der Waals surface area contributed by atoms with Crippen LogP contribution in [0.25, 0.3) is 0 Å². The molecule has 0 N–H and O–H groups in total. The lowest BCUT2D eigenvalue weighted by atomic mass is 9.90. The molecule has 0 unspecified atom stereocenters. The van der Waals surface area contributed by atoms with Gasteiger partial charge in [0, 0.05) is 62.1 Å². The van der Waals surface area contributed by atoms with Gasteiger partial charge in [0.1, 0.15) is 18.4 Å². The van der Waals surface area contributed by atoms with E-state index in [0.29, 0.717) is 24.2 Å². The zero-order chi connectivity index (χ0) is 26.1. The third-order valence-electron chi connectivity index (χ3n) is 8.55. The van der Waals surface area contributed by atoms with Crippen LogP contribution in [-0.4, -0.2) is 90.4 Å². The number of benzene rings is 2. The van der Waals surface area contributed by atoms with E-state index in [-0.39, 0.29) is 30.4 Å². The molecular weight excluding hydrogens is 480 g/mol. The molecule has 3 aliphatic heterocycles. The molecule has 3 heterocycles. The van der Waals surface area contributed by atoms with Gasteiger partial charge in [0.05, 0.1) is 0 Å². The summed E-state index contributed by atoms with van der Waals surface area (Å²) in [5.74, 6) is 0.553. The van der Waals surface area contributed by atoms with E-state index in [1.807, 2.05) is 24.3 Å². The molecule has 8 nitrogen and oxygen atoms in total. The fraction of sp³-hybridized carbons (Fsp3) is 0.500. The largest absolute Gasteiger partial charge is 0.490 e. The Balaban J connectivity index is 0.999. The fourth-order valence-electron chi connectivity index (χ4n) is 5.77. The minimum absolute atomic E-state index is 0.00444. The Hall–Kier alpha value is -3.39. The van der Waals surface area contributed by atoms with Gasteiger partial charge in [-0.25, -0.2) is 0 Å². The Kier molecular flexibility index (Phi) is 7.06. The van der Waals surface area contributed by atoms with Gasteiger partial charge in [-0.2, -0.15) is 0 Å². The van der Waals surface area contributed by atoms with Crippen molar-refractivity contribution in [2.45, 2.75) is 50.7 Å². The molecule has 0 radical (unpaired) electrons. The van der Waals surface area contributed by atoms with Crippen LogP contribution in [-0.2, 0) is 4.79 Å². The number of hydrogen-bond acceptors (Lipinski definition) is 5. The summed E-state index contributed by atoms with van der Waals surface area (Å²) >= 11 is 0. The van der Waals surface area contributed by atoms with Gasteiger partial charge in [-0.05, 0) is 80.6 Å². The van der Waals surface area contributed by atoms with Crippen molar-refractivity contribution in [3.05, 3.63) is 59.7 Å². The van der Waals surface area contributed by atoms with Crippen molar-refractivity contribution in [1.29, 1.82) is 0 Å². The molecule has 2 aromatic carbocycles. The molecule has 0 atom stereocenters. The fourth-order valence-corrected chi connectivity index (χ4v) is 5.77. The van der Waals surface area contributed by atoms with Crippen LogP contribution in [0.15, 0.2) is 48.5 Å². The summed E-state index contributed by atoms with van der Waals surface area (Å²) in [4.78, 5) is 46.1. The summed E-state index contributed by atoms with van der Waals surface area (Å²) in [6, 6.07) is 15.3. The SMILES string of the molecule is O=C(c1ccc(C(=O)N2CCN(c3ccc(OC4CCN(C5CCC5)CC4)cc3)C(=O)C2)cc1)N1CCC1. The van der Waals surface area contributed by atoms with Crippen molar-refractivity contribution < 1.29 is 19.1 Å². The van der Waals surface area contributed by atoms with Crippen molar-refractivity contribution in [3.63, 3.8) is 0 Å². The van der Waals surface area contributed by atoms with E-state index in [1.54, 1.807) is 39.0 Å². The second kappa shape index (κ2) is 10.8. The summed E-state index contributed by atoms with van der Waals surface area (Å²) < 4.78 is 6.24. The summed E-state index contributed by atoms with van der Waals surface area (Å²) in [6.07, 6.45) is 7.48. The molecule has 8 heteroatoms. The van der Waals surface area contributed by atoms with E-state index in [1.165, 1.54) is 19.3 Å². The summed E-state index contributed by atoms with van der Waals surface area (Å²) in [6.45, 7) is 4.75. The third-order valence-corrected chi connectivity index (χ3v) is 8.55. The first kappa shape index (κ1) is 24.9. The number of hydrogen-bond donors (Lipinski definition) is 0. The number of rotatable bonds is 6. The summed E-state index contributed by atoms with van der Waals surface area (Å²) in [5, 5.41) is 0. The molecule has 1 saturated carbocycles. The van der Waals surface area contributed by atoms with E-state index < -0.39 is 0 Å². The van der Waals surface area contributed by atoms with Crippen LogP contribution in [0.3, 0.4) is 0 Å². The first-order chi connectivity index (χ1) is 18.5. The van der Waals surface area contributed by atoms with Gasteiger partial charge in [0.2, 0.25) is 5.91 Å². The molecule has 0 bridgehead atoms. The molecule has 4 fully saturated rings. The second-order valence-electron chi connectivity index (χ2n) is 10.9. The molecule has 0 aromatic heterocycles. The van der Waals surface area contributed by atoms with Crippen LogP contribution < -0.4 is 9.64 Å². The molecule has 1 aliphatic carbocycles. The van der Waals surface area contributed by atoms with Gasteiger partial charge in [-0.15, -0.1) is 0 Å². The van der Waals surface area contributed by atoms with Gasteiger partial charge in [0.15, 0.2) is 0 Å². The van der Waals surface area contributed by atoms with Gasteiger partial charge in [-0.3, -0.25) is 14.4 Å². The number of carbonyl (C=O) groups excluding carboxylic acids is 3. The molecule has 6 rings (SSSR count). The normalized spacial score (nSPS) is 21.2. The van der Waals surface area contributed by atoms with E-state index >= 15 is 0 Å². The highest BCUT2D eigenvalue weighted by molar-refractivity contribution is 6.02. The zero-order valence-electron chi connectivity index (χ0n) is 21.9. The van der Waals surface area contributed by atoms with Crippen molar-refractivity contribution in [3.8, 4) is 5.75 Å². The first-order valence-corrected chi connectivity index (χ1v) is 14.0. The maximum atomic E-state index is 13.0. The van der Waals surface area contributed by atoms with E-state index in [2.05, 4.69) is 4.90 Å². The van der Waals surface area contributed by atoms with Crippen LogP contribution in [0.1, 0.15) is 59.2 Å². The Labute approximate surface area is 224 Å². The molecule has 2 aromatic rings. The quantitative estimate of drug-likeness (QED) is 0.588. The van der Waals surface area contributed by atoms with Crippen LogP contribution in [0, 0.1) is 0 Å². The maximum absolute atomic E-state index is 13.0. The molecule has 3 saturated heterocycles. The first-order valence-electron chi connectivity index (χ1n) is 14.0. The predicted octanol–water partition coefficient (Wildman–Crippen LogP) is 3.42. The van der Waals surface area contributed by atoms with Crippen molar-refractivity contribution in [2.24, 2.45) is 0 Å². The number of carbonyl (C=O) groups is 3. The van der Waals surface area contributed by atoms with Crippen molar-refractivity contribution in [2.75, 3.05) is 50.7 Å². The Bertz CT molecular complexity index is 1170. The molecule has 0 spiro atoms. The molecule has 4 aliphatic rings. The molecule has 200 valence electrons. The number of piperazine rings is 1. The Morgan fingerprint density at radius 2 is 1.32 bits per heavy atom. The number of amides is 3. The smallest absolute Gasteiger partial charge is 0.254 e. The van der Waals surface area contributed by atoms with Crippen molar-refractivity contribution >= 4 is 23.4 Å². The molecule has 3 amide bonds. The highest BCUT2D eigenvalue weighted by Gasteiger charge is 2.31. The average Bonchev–Trinajstić information content (AvgIpc) is 2.88. The predicted molar refractivity (Wildman–Crippen MR) is 145 cm³/mol. The van der Waals surface area contributed by atoms with Crippen LogP contribution >= 0.6 is 0 Å². The van der Waals surface area contributed by atoms with Crippen LogP contribution in [0.4, 0.5) is 5.69 Å². The van der Waals surface area contributed by atoms with Crippen LogP contribution in [0.5, 0.6) is 5.75 Å². The van der Waals surface area contributed by atoms with Gasteiger partial charge >= 0.3 is 0 Å². The topological polar surface area (TPSA) is 73.4 Å². The number of ether oxygens (including phenoxy) is 1. The lowest BCUT2D eigenvalue weighted by Crippen LogP contribution is -2.52. The Morgan fingerprint density at radius 3 is 1.84 bits per heavy atom. The van der Waals surface area contributed by atoms with Gasteiger partial charge in [-0.1, -0.05) is 6.42 Å². The summed E-state index contributed by atoms with van der Waals surface area (Å²) in [5.41, 5.74) is 1.91. The number of likely N-dealkylation sites (tertiary alicyclic amines) is 2. The highest BCUT2D eigenvalue weighted by Crippen LogP contribution is 2.29. The van der Waals surface area contributed by atoms with Crippen molar-refractivity contribution in [1.82, 2.24) is 14.7 Å². The van der Waals surface area contributed by atoms with Gasteiger partial charge < -0.3 is 24.3 Å². The summed E-state index contributed by atoms with van der Waals surface area (Å²) in [7, 11) is 0. The number of nitrogens with zero attached hydrogens (tertiary/aromatic N) is 4. The lowest BCUT2D eigenvalue weighted by Gasteiger charge is -2.41. The van der Waals surface area contributed by atoms with E-state index in [0.717, 1.165) is 62.9 Å². The molecular formula is C30H36N4O4. The number of piperidine rings is 1. The average molecular weight is 517 g/mol. The minimum atomic E-state index is -0.187. The molecule has 38 heavy (non-hydrogen) atoms. The van der Waals surface area contributed by atoms with E-state index in [4.69, 9.17) is 4.74 Å². The van der Waals surface area contributed by atoms with Gasteiger partial charge in [0.25, 0.3) is 11.8 Å². The minimum Gasteiger partial charge on any atom is -0.490 e. The number of anilines is 1.